The molecule has 1 saturated heterocycles. The van der Waals surface area contributed by atoms with Crippen LogP contribution >= 0.6 is 11.3 Å². The summed E-state index contributed by atoms with van der Waals surface area (Å²) in [5.41, 5.74) is 7.11. The maximum Gasteiger partial charge on any atom is 0.225 e. The largest absolute Gasteiger partial charge is 0.392 e. The van der Waals surface area contributed by atoms with Crippen molar-refractivity contribution in [1.82, 2.24) is 9.88 Å². The molecule has 0 aromatic carbocycles. The van der Waals surface area contributed by atoms with Gasteiger partial charge < -0.3 is 15.7 Å². The van der Waals surface area contributed by atoms with E-state index in [2.05, 4.69) is 18.8 Å². The first-order valence-corrected chi connectivity index (χ1v) is 10.9. The smallest absolute Gasteiger partial charge is 0.225 e. The van der Waals surface area contributed by atoms with E-state index in [1.165, 1.54) is 4.88 Å². The number of likely N-dealkylation sites (tertiary alicyclic amines) is 1. The molecular weight excluding hydrogens is 346 g/mol. The highest BCUT2D eigenvalue weighted by atomic mass is 32.1. The van der Waals surface area contributed by atoms with Crippen molar-refractivity contribution in [3.05, 3.63) is 10.6 Å². The van der Waals surface area contributed by atoms with Crippen molar-refractivity contribution in [3.63, 3.8) is 0 Å². The minimum atomic E-state index is -0.457. The number of amides is 1. The monoisotopic (exact) mass is 377 g/mol. The number of hydrogen-bond acceptors (Lipinski definition) is 5. The molecule has 1 aromatic rings. The molecule has 26 heavy (non-hydrogen) atoms. The summed E-state index contributed by atoms with van der Waals surface area (Å²) in [4.78, 5) is 20.8. The fourth-order valence-corrected chi connectivity index (χ4v) is 7.11. The summed E-state index contributed by atoms with van der Waals surface area (Å²) in [7, 11) is 0. The van der Waals surface area contributed by atoms with Gasteiger partial charge in [-0.1, -0.05) is 20.8 Å². The average Bonchev–Trinajstić information content (AvgIpc) is 3.22. The standard InChI is InChI=1S/C20H31N3O2S/c1-11(18(25)23-8-4-5-9-23)13-6-7-20(3)10-14-16(22-19(21)26-14)12(2)15(20)17(13)24/h11-13,15,17,24H,4-10H2,1-3H3,(H2,21,22)/t11-,12-,13+,15+,17-,20-/m0/s1. The first-order valence-electron chi connectivity index (χ1n) is 10.0. The first-order chi connectivity index (χ1) is 12.3. The van der Waals surface area contributed by atoms with Crippen molar-refractivity contribution in [2.75, 3.05) is 18.8 Å². The van der Waals surface area contributed by atoms with Crippen LogP contribution in [0.3, 0.4) is 0 Å². The van der Waals surface area contributed by atoms with E-state index in [9.17, 15) is 9.90 Å². The molecule has 2 heterocycles. The lowest BCUT2D eigenvalue weighted by molar-refractivity contribution is -0.143. The van der Waals surface area contributed by atoms with Crippen LogP contribution in [0.5, 0.6) is 0 Å². The van der Waals surface area contributed by atoms with Crippen LogP contribution in [0.15, 0.2) is 0 Å². The molecule has 1 amide bonds. The Balaban J connectivity index is 1.58. The highest BCUT2D eigenvalue weighted by Crippen LogP contribution is 2.57. The van der Waals surface area contributed by atoms with Crippen molar-refractivity contribution in [2.24, 2.45) is 23.2 Å². The van der Waals surface area contributed by atoms with Crippen LogP contribution < -0.4 is 5.73 Å². The van der Waals surface area contributed by atoms with E-state index >= 15 is 0 Å². The Hall–Kier alpha value is -1.14. The van der Waals surface area contributed by atoms with E-state index in [1.54, 1.807) is 11.3 Å². The zero-order valence-electron chi connectivity index (χ0n) is 16.1. The Bertz CT molecular complexity index is 699. The molecule has 5 nitrogen and oxygen atoms in total. The minimum absolute atomic E-state index is 0.0427. The highest BCUT2D eigenvalue weighted by molar-refractivity contribution is 7.15. The third-order valence-corrected chi connectivity index (χ3v) is 8.29. The summed E-state index contributed by atoms with van der Waals surface area (Å²) in [5, 5.41) is 12.0. The number of rotatable bonds is 2. The van der Waals surface area contributed by atoms with Crippen molar-refractivity contribution in [1.29, 1.82) is 0 Å². The molecular formula is C20H31N3O2S. The fraction of sp³-hybridized carbons (Fsp3) is 0.800. The van der Waals surface area contributed by atoms with Gasteiger partial charge in [-0.2, -0.15) is 0 Å². The first kappa shape index (κ1) is 18.2. The number of anilines is 1. The Morgan fingerprint density at radius 1 is 1.42 bits per heavy atom. The number of fused-ring (bicyclic) bond motifs is 2. The van der Waals surface area contributed by atoms with Gasteiger partial charge in [0.25, 0.3) is 0 Å². The van der Waals surface area contributed by atoms with Crippen molar-refractivity contribution in [3.8, 4) is 0 Å². The maximum absolute atomic E-state index is 12.9. The van der Waals surface area contributed by atoms with Crippen LogP contribution in [0.2, 0.25) is 0 Å². The van der Waals surface area contributed by atoms with E-state index in [4.69, 9.17) is 5.73 Å². The SMILES string of the molecule is C[C@H](C(=O)N1CCCC1)[C@H]1CC[C@@]2(C)Cc3sc(N)nc3[C@@H](C)[C@@H]2[C@H]1O. The molecule has 0 radical (unpaired) electrons. The van der Waals surface area contributed by atoms with Crippen molar-refractivity contribution in [2.45, 2.75) is 64.9 Å². The van der Waals surface area contributed by atoms with Gasteiger partial charge in [-0.05, 0) is 49.4 Å². The lowest BCUT2D eigenvalue weighted by atomic mass is 9.53. The molecule has 144 valence electrons. The van der Waals surface area contributed by atoms with Gasteiger partial charge in [0.1, 0.15) is 0 Å². The number of nitrogens with zero attached hydrogens (tertiary/aromatic N) is 2. The van der Waals surface area contributed by atoms with Gasteiger partial charge in [0.2, 0.25) is 5.91 Å². The van der Waals surface area contributed by atoms with Crippen LogP contribution in [0.1, 0.15) is 62.9 Å². The second-order valence-electron chi connectivity index (χ2n) is 9.02. The van der Waals surface area contributed by atoms with Gasteiger partial charge in [-0.15, -0.1) is 11.3 Å². The lowest BCUT2D eigenvalue weighted by Crippen LogP contribution is -2.53. The van der Waals surface area contributed by atoms with Crippen LogP contribution in [0.25, 0.3) is 0 Å². The summed E-state index contributed by atoms with van der Waals surface area (Å²) in [6.45, 7) is 8.27. The Morgan fingerprint density at radius 3 is 2.81 bits per heavy atom. The molecule has 2 aliphatic carbocycles. The van der Waals surface area contributed by atoms with E-state index < -0.39 is 6.10 Å². The fourth-order valence-electron chi connectivity index (χ4n) is 5.97. The van der Waals surface area contributed by atoms with Gasteiger partial charge >= 0.3 is 0 Å². The predicted molar refractivity (Wildman–Crippen MR) is 104 cm³/mol. The van der Waals surface area contributed by atoms with Gasteiger partial charge in [-0.3, -0.25) is 4.79 Å². The predicted octanol–water partition coefficient (Wildman–Crippen LogP) is 3.04. The third-order valence-electron chi connectivity index (χ3n) is 7.39. The van der Waals surface area contributed by atoms with Crippen molar-refractivity contribution < 1.29 is 9.90 Å². The number of nitrogen functional groups attached to an aromatic ring is 1. The van der Waals surface area contributed by atoms with E-state index in [0.29, 0.717) is 5.13 Å². The molecule has 0 spiro atoms. The molecule has 6 heteroatoms. The number of nitrogens with two attached hydrogens (primary N) is 1. The number of aromatic nitrogens is 1. The van der Waals surface area contributed by atoms with Crippen LogP contribution in [-0.4, -0.2) is 40.1 Å². The van der Waals surface area contributed by atoms with Crippen LogP contribution in [0.4, 0.5) is 5.13 Å². The molecule has 0 unspecified atom stereocenters. The molecule has 3 aliphatic rings. The summed E-state index contributed by atoms with van der Waals surface area (Å²) >= 11 is 1.60. The Labute approximate surface area is 160 Å². The molecule has 1 aromatic heterocycles. The molecule has 6 atom stereocenters. The normalized spacial score (nSPS) is 37.9. The molecule has 4 rings (SSSR count). The van der Waals surface area contributed by atoms with Gasteiger partial charge in [0.05, 0.1) is 11.8 Å². The van der Waals surface area contributed by atoms with E-state index in [0.717, 1.165) is 50.9 Å². The number of aliphatic hydroxyl groups is 1. The quantitative estimate of drug-likeness (QED) is 0.830. The molecule has 1 saturated carbocycles. The third kappa shape index (κ3) is 2.76. The van der Waals surface area contributed by atoms with Gasteiger partial charge in [0, 0.05) is 29.8 Å². The van der Waals surface area contributed by atoms with Gasteiger partial charge in [0.15, 0.2) is 5.13 Å². The molecule has 1 aliphatic heterocycles. The van der Waals surface area contributed by atoms with Crippen LogP contribution in [0, 0.1) is 23.2 Å². The van der Waals surface area contributed by atoms with Crippen LogP contribution in [-0.2, 0) is 11.2 Å². The number of carbonyl (C=O) groups excluding carboxylic acids is 1. The zero-order valence-corrected chi connectivity index (χ0v) is 16.9. The number of aliphatic hydroxyl groups excluding tert-OH is 1. The lowest BCUT2D eigenvalue weighted by Gasteiger charge is -2.53. The number of hydrogen-bond donors (Lipinski definition) is 2. The molecule has 2 fully saturated rings. The number of thiazole rings is 1. The maximum atomic E-state index is 12.9. The molecule has 3 N–H and O–H groups in total. The van der Waals surface area contributed by atoms with E-state index in [1.807, 2.05) is 11.8 Å². The van der Waals surface area contributed by atoms with Crippen molar-refractivity contribution >= 4 is 22.4 Å². The highest BCUT2D eigenvalue weighted by Gasteiger charge is 2.54. The minimum Gasteiger partial charge on any atom is -0.392 e. The second-order valence-corrected chi connectivity index (χ2v) is 10.1. The Kier molecular flexibility index (Phi) is 4.55. The molecule has 0 bridgehead atoms. The Morgan fingerprint density at radius 2 is 2.12 bits per heavy atom. The summed E-state index contributed by atoms with van der Waals surface area (Å²) in [5.74, 6) is 0.494. The number of carbonyl (C=O) groups is 1. The van der Waals surface area contributed by atoms with Gasteiger partial charge in [-0.25, -0.2) is 4.98 Å². The summed E-state index contributed by atoms with van der Waals surface area (Å²) < 4.78 is 0. The summed E-state index contributed by atoms with van der Waals surface area (Å²) in [6, 6.07) is 0. The second kappa shape index (κ2) is 6.48. The topological polar surface area (TPSA) is 79.5 Å². The average molecular weight is 378 g/mol. The van der Waals surface area contributed by atoms with E-state index in [-0.39, 0.29) is 35.0 Å². The zero-order chi connectivity index (χ0) is 18.6. The summed E-state index contributed by atoms with van der Waals surface area (Å²) in [6.07, 6.45) is 4.68.